The third kappa shape index (κ3) is 4.67. The summed E-state index contributed by atoms with van der Waals surface area (Å²) in [4.78, 5) is 28.9. The Morgan fingerprint density at radius 1 is 1.00 bits per heavy atom. The summed E-state index contributed by atoms with van der Waals surface area (Å²) < 4.78 is 0. The average molecular weight is 495 g/mol. The smallest absolute Gasteiger partial charge is 0.317 e. The zero-order valence-corrected chi connectivity index (χ0v) is 19.9. The fourth-order valence-corrected chi connectivity index (χ4v) is 4.96. The van der Waals surface area contributed by atoms with Gasteiger partial charge in [0, 0.05) is 78.2 Å². The molecule has 34 heavy (non-hydrogen) atoms. The monoisotopic (exact) mass is 494 g/mol. The molecule has 1 fully saturated rings. The molecule has 2 aromatic carbocycles. The van der Waals surface area contributed by atoms with Crippen LogP contribution < -0.4 is 10.2 Å². The minimum atomic E-state index is -0.135. The molecule has 2 amide bonds. The first kappa shape index (κ1) is 22.5. The van der Waals surface area contributed by atoms with E-state index in [1.54, 1.807) is 24.5 Å². The van der Waals surface area contributed by atoms with Crippen molar-refractivity contribution < 1.29 is 4.79 Å². The lowest BCUT2D eigenvalue weighted by Gasteiger charge is -2.35. The number of hydrogen-bond acceptors (Lipinski definition) is 4. The van der Waals surface area contributed by atoms with Crippen LogP contribution in [0.5, 0.6) is 0 Å². The maximum atomic E-state index is 13.1. The van der Waals surface area contributed by atoms with Gasteiger partial charge in [0.1, 0.15) is 0 Å². The van der Waals surface area contributed by atoms with Gasteiger partial charge in [-0.25, -0.2) is 14.8 Å². The predicted molar refractivity (Wildman–Crippen MR) is 136 cm³/mol. The van der Waals surface area contributed by atoms with E-state index in [0.717, 1.165) is 22.0 Å². The summed E-state index contributed by atoms with van der Waals surface area (Å²) in [5, 5.41) is 5.39. The third-order valence-corrected chi connectivity index (χ3v) is 6.76. The molecule has 174 valence electrons. The highest BCUT2D eigenvalue weighted by molar-refractivity contribution is 6.35. The molecule has 1 aliphatic heterocycles. The van der Waals surface area contributed by atoms with Crippen LogP contribution in [0.1, 0.15) is 17.0 Å². The summed E-state index contributed by atoms with van der Waals surface area (Å²) in [6.45, 7) is 2.98. The van der Waals surface area contributed by atoms with Crippen LogP contribution in [-0.2, 0) is 0 Å². The Bertz CT molecular complexity index is 1290. The van der Waals surface area contributed by atoms with Crippen LogP contribution in [0.25, 0.3) is 10.9 Å². The SMILES string of the molecule is O=C(NCC(c1ccc(Cl)cc1Cl)c1c[nH]c2ccccc12)N1CCN(c2ncccn2)CC1. The van der Waals surface area contributed by atoms with Gasteiger partial charge >= 0.3 is 6.03 Å². The number of aromatic nitrogens is 3. The van der Waals surface area contributed by atoms with E-state index in [4.69, 9.17) is 23.2 Å². The number of carbonyl (C=O) groups is 1. The first-order chi connectivity index (χ1) is 16.6. The topological polar surface area (TPSA) is 77.2 Å². The van der Waals surface area contributed by atoms with Gasteiger partial charge in [-0.15, -0.1) is 0 Å². The molecule has 0 spiro atoms. The average Bonchev–Trinajstić information content (AvgIpc) is 3.30. The van der Waals surface area contributed by atoms with Crippen LogP contribution in [0.2, 0.25) is 10.0 Å². The van der Waals surface area contributed by atoms with Crippen molar-refractivity contribution in [2.45, 2.75) is 5.92 Å². The second kappa shape index (κ2) is 9.91. The highest BCUT2D eigenvalue weighted by Gasteiger charge is 2.25. The van der Waals surface area contributed by atoms with Crippen molar-refractivity contribution in [3.8, 4) is 0 Å². The highest BCUT2D eigenvalue weighted by atomic mass is 35.5. The van der Waals surface area contributed by atoms with Gasteiger partial charge in [0.2, 0.25) is 5.95 Å². The molecular weight excluding hydrogens is 471 g/mol. The zero-order chi connectivity index (χ0) is 23.5. The maximum absolute atomic E-state index is 13.1. The van der Waals surface area contributed by atoms with Crippen LogP contribution in [0.4, 0.5) is 10.7 Å². The number of halogens is 2. The molecule has 0 radical (unpaired) electrons. The van der Waals surface area contributed by atoms with E-state index in [2.05, 4.69) is 31.2 Å². The number of nitrogens with zero attached hydrogens (tertiary/aromatic N) is 4. The van der Waals surface area contributed by atoms with Crippen LogP contribution in [0, 0.1) is 0 Å². The van der Waals surface area contributed by atoms with Crippen molar-refractivity contribution >= 4 is 46.1 Å². The minimum absolute atomic E-state index is 0.0939. The van der Waals surface area contributed by atoms with E-state index in [1.807, 2.05) is 41.4 Å². The first-order valence-electron chi connectivity index (χ1n) is 11.2. The fourth-order valence-electron chi connectivity index (χ4n) is 4.42. The second-order valence-electron chi connectivity index (χ2n) is 8.22. The molecule has 1 saturated heterocycles. The molecule has 0 saturated carbocycles. The summed E-state index contributed by atoms with van der Waals surface area (Å²) >= 11 is 12.7. The van der Waals surface area contributed by atoms with Crippen LogP contribution in [-0.4, -0.2) is 58.6 Å². The molecule has 2 N–H and O–H groups in total. The van der Waals surface area contributed by atoms with E-state index in [-0.39, 0.29) is 11.9 Å². The number of urea groups is 1. The van der Waals surface area contributed by atoms with Crippen molar-refractivity contribution in [1.82, 2.24) is 25.2 Å². The molecule has 4 aromatic rings. The normalized spacial score (nSPS) is 14.9. The van der Waals surface area contributed by atoms with E-state index < -0.39 is 0 Å². The zero-order valence-electron chi connectivity index (χ0n) is 18.4. The number of para-hydroxylation sites is 1. The van der Waals surface area contributed by atoms with E-state index >= 15 is 0 Å². The minimum Gasteiger partial charge on any atom is -0.361 e. The lowest BCUT2D eigenvalue weighted by Crippen LogP contribution is -2.52. The molecule has 1 unspecified atom stereocenters. The van der Waals surface area contributed by atoms with E-state index in [9.17, 15) is 4.79 Å². The molecule has 5 rings (SSSR count). The Balaban J connectivity index is 1.32. The van der Waals surface area contributed by atoms with E-state index in [1.165, 1.54) is 0 Å². The van der Waals surface area contributed by atoms with E-state index in [0.29, 0.717) is 48.7 Å². The summed E-state index contributed by atoms with van der Waals surface area (Å²) in [5.74, 6) is 0.559. The largest absolute Gasteiger partial charge is 0.361 e. The molecule has 0 aliphatic carbocycles. The number of hydrogen-bond donors (Lipinski definition) is 2. The molecule has 3 heterocycles. The molecule has 0 bridgehead atoms. The van der Waals surface area contributed by atoms with Crippen molar-refractivity contribution in [1.29, 1.82) is 0 Å². The van der Waals surface area contributed by atoms with Gasteiger partial charge in [0.05, 0.1) is 0 Å². The lowest BCUT2D eigenvalue weighted by molar-refractivity contribution is 0.194. The number of carbonyl (C=O) groups excluding carboxylic acids is 1. The van der Waals surface area contributed by atoms with Crippen LogP contribution in [0.3, 0.4) is 0 Å². The van der Waals surface area contributed by atoms with Crippen molar-refractivity contribution in [3.63, 3.8) is 0 Å². The Morgan fingerprint density at radius 3 is 2.53 bits per heavy atom. The van der Waals surface area contributed by atoms with Gasteiger partial charge in [-0.1, -0.05) is 47.5 Å². The number of anilines is 1. The number of rotatable bonds is 5. The number of piperazine rings is 1. The number of fused-ring (bicyclic) bond motifs is 1. The molecule has 7 nitrogen and oxygen atoms in total. The van der Waals surface area contributed by atoms with Gasteiger partial charge in [-0.05, 0) is 35.4 Å². The van der Waals surface area contributed by atoms with Crippen molar-refractivity contribution in [3.05, 3.63) is 88.3 Å². The van der Waals surface area contributed by atoms with Gasteiger partial charge in [0.25, 0.3) is 0 Å². The molecule has 2 aromatic heterocycles. The number of H-pyrrole nitrogens is 1. The quantitative estimate of drug-likeness (QED) is 0.412. The van der Waals surface area contributed by atoms with Gasteiger partial charge in [-0.3, -0.25) is 0 Å². The predicted octanol–water partition coefficient (Wildman–Crippen LogP) is 4.93. The van der Waals surface area contributed by atoms with Gasteiger partial charge in [0.15, 0.2) is 0 Å². The Hall–Kier alpha value is -3.29. The van der Waals surface area contributed by atoms with Crippen LogP contribution >= 0.6 is 23.2 Å². The Morgan fingerprint density at radius 2 is 1.76 bits per heavy atom. The number of nitrogens with one attached hydrogen (secondary N) is 2. The highest BCUT2D eigenvalue weighted by Crippen LogP contribution is 2.35. The van der Waals surface area contributed by atoms with Crippen LogP contribution in [0.15, 0.2) is 67.1 Å². The summed E-state index contributed by atoms with van der Waals surface area (Å²) in [6, 6.07) is 15.3. The molecule has 9 heteroatoms. The molecule has 1 aliphatic rings. The molecule has 1 atom stereocenters. The van der Waals surface area contributed by atoms with Crippen molar-refractivity contribution in [2.24, 2.45) is 0 Å². The lowest BCUT2D eigenvalue weighted by atomic mass is 9.91. The summed E-state index contributed by atoms with van der Waals surface area (Å²) in [6.07, 6.45) is 5.45. The van der Waals surface area contributed by atoms with Gasteiger partial charge in [-0.2, -0.15) is 0 Å². The van der Waals surface area contributed by atoms with Gasteiger partial charge < -0.3 is 20.1 Å². The third-order valence-electron chi connectivity index (χ3n) is 6.19. The Kier molecular flexibility index (Phi) is 6.56. The summed E-state index contributed by atoms with van der Waals surface area (Å²) in [5.41, 5.74) is 3.03. The van der Waals surface area contributed by atoms with Crippen molar-refractivity contribution in [2.75, 3.05) is 37.6 Å². The standard InChI is InChI=1S/C25H24Cl2N6O/c26-17-6-7-18(22(27)14-17)20(21-15-30-23-5-2-1-4-19(21)23)16-31-25(34)33-12-10-32(11-13-33)24-28-8-3-9-29-24/h1-9,14-15,20,30H,10-13,16H2,(H,31,34). The number of aromatic amines is 1. The fraction of sp³-hybridized carbons (Fsp3) is 0.240. The second-order valence-corrected chi connectivity index (χ2v) is 9.06. The number of benzene rings is 2. The maximum Gasteiger partial charge on any atom is 0.317 e. The molecular formula is C25H24Cl2N6O. The first-order valence-corrected chi connectivity index (χ1v) is 11.9. The number of amides is 2. The Labute approximate surface area is 207 Å². The summed E-state index contributed by atoms with van der Waals surface area (Å²) in [7, 11) is 0.